The maximum atomic E-state index is 11.9. The van der Waals surface area contributed by atoms with Gasteiger partial charge in [0.05, 0.1) is 17.7 Å². The number of carboxylic acids is 1. The summed E-state index contributed by atoms with van der Waals surface area (Å²) in [4.78, 5) is 22.9. The molecule has 0 saturated carbocycles. The number of hydrogen-bond donors (Lipinski definition) is 1. The van der Waals surface area contributed by atoms with Crippen LogP contribution in [0, 0.1) is 11.8 Å². The minimum absolute atomic E-state index is 0.0179. The molecule has 0 amide bonds. The second-order valence-electron chi connectivity index (χ2n) is 5.86. The van der Waals surface area contributed by atoms with Gasteiger partial charge < -0.3 is 9.84 Å². The number of ether oxygens (including phenoxy) is 1. The highest BCUT2D eigenvalue weighted by molar-refractivity contribution is 6.02. The van der Waals surface area contributed by atoms with Gasteiger partial charge in [-0.3, -0.25) is 0 Å². The Hall–Kier alpha value is -1.84. The molecule has 0 aliphatic carbocycles. The number of carbonyl (C=O) groups excluding carboxylic acids is 1. The average Bonchev–Trinajstić information content (AvgIpc) is 2.42. The van der Waals surface area contributed by atoms with Crippen LogP contribution in [-0.2, 0) is 4.74 Å². The zero-order valence-corrected chi connectivity index (χ0v) is 13.0. The van der Waals surface area contributed by atoms with Gasteiger partial charge in [0.15, 0.2) is 0 Å². The Bertz CT molecular complexity index is 479. The Morgan fingerprint density at radius 2 is 1.76 bits per heavy atom. The zero-order chi connectivity index (χ0) is 15.8. The first-order valence-corrected chi connectivity index (χ1v) is 7.41. The van der Waals surface area contributed by atoms with Crippen molar-refractivity contribution in [3.8, 4) is 0 Å². The van der Waals surface area contributed by atoms with Gasteiger partial charge in [-0.2, -0.15) is 0 Å². The molecule has 1 unspecified atom stereocenters. The Kier molecular flexibility index (Phi) is 6.92. The highest BCUT2D eigenvalue weighted by Crippen LogP contribution is 2.16. The van der Waals surface area contributed by atoms with Gasteiger partial charge in [-0.15, -0.1) is 0 Å². The van der Waals surface area contributed by atoms with Gasteiger partial charge >= 0.3 is 11.9 Å². The van der Waals surface area contributed by atoms with E-state index in [-0.39, 0.29) is 11.1 Å². The summed E-state index contributed by atoms with van der Waals surface area (Å²) in [5.41, 5.74) is 0.0934. The molecular formula is C17H24O4. The van der Waals surface area contributed by atoms with E-state index in [4.69, 9.17) is 9.84 Å². The topological polar surface area (TPSA) is 63.6 Å². The summed E-state index contributed by atoms with van der Waals surface area (Å²) in [6.07, 6.45) is 2.97. The molecule has 116 valence electrons. The SMILES string of the molecule is CC(C)CC(C)CCCOC(=O)c1ccccc1C(=O)O. The smallest absolute Gasteiger partial charge is 0.339 e. The molecule has 0 radical (unpaired) electrons. The normalized spacial score (nSPS) is 12.2. The minimum atomic E-state index is -1.12. The van der Waals surface area contributed by atoms with Crippen LogP contribution in [-0.4, -0.2) is 23.7 Å². The number of hydrogen-bond acceptors (Lipinski definition) is 3. The summed E-state index contributed by atoms with van der Waals surface area (Å²) in [6.45, 7) is 6.91. The lowest BCUT2D eigenvalue weighted by Gasteiger charge is -2.13. The first-order valence-electron chi connectivity index (χ1n) is 7.41. The molecule has 1 atom stereocenters. The summed E-state index contributed by atoms with van der Waals surface area (Å²) in [5.74, 6) is -0.405. The first kappa shape index (κ1) is 17.2. The molecule has 0 aliphatic rings. The Balaban J connectivity index is 2.43. The molecule has 1 N–H and O–H groups in total. The highest BCUT2D eigenvalue weighted by Gasteiger charge is 2.16. The van der Waals surface area contributed by atoms with Gasteiger partial charge in [-0.1, -0.05) is 32.9 Å². The van der Waals surface area contributed by atoms with E-state index in [1.165, 1.54) is 12.1 Å². The second-order valence-corrected chi connectivity index (χ2v) is 5.86. The predicted molar refractivity (Wildman–Crippen MR) is 81.5 cm³/mol. The van der Waals surface area contributed by atoms with Crippen LogP contribution in [0.15, 0.2) is 24.3 Å². The average molecular weight is 292 g/mol. The van der Waals surface area contributed by atoms with Crippen LogP contribution in [0.5, 0.6) is 0 Å². The van der Waals surface area contributed by atoms with E-state index in [2.05, 4.69) is 20.8 Å². The third-order valence-corrected chi connectivity index (χ3v) is 3.33. The first-order chi connectivity index (χ1) is 9.91. The van der Waals surface area contributed by atoms with Crippen molar-refractivity contribution in [1.29, 1.82) is 0 Å². The third kappa shape index (κ3) is 5.98. The summed E-state index contributed by atoms with van der Waals surface area (Å²) < 4.78 is 5.17. The third-order valence-electron chi connectivity index (χ3n) is 3.33. The van der Waals surface area contributed by atoms with Crippen molar-refractivity contribution < 1.29 is 19.4 Å². The fourth-order valence-electron chi connectivity index (χ4n) is 2.44. The lowest BCUT2D eigenvalue weighted by Crippen LogP contribution is -2.12. The fourth-order valence-corrected chi connectivity index (χ4v) is 2.44. The number of aromatic carboxylic acids is 1. The summed E-state index contributed by atoms with van der Waals surface area (Å²) in [5, 5.41) is 9.04. The van der Waals surface area contributed by atoms with Gasteiger partial charge in [-0.25, -0.2) is 9.59 Å². The van der Waals surface area contributed by atoms with Crippen LogP contribution in [0.2, 0.25) is 0 Å². The summed E-state index contributed by atoms with van der Waals surface area (Å²) in [7, 11) is 0. The van der Waals surface area contributed by atoms with E-state index < -0.39 is 11.9 Å². The summed E-state index contributed by atoms with van der Waals surface area (Å²) in [6, 6.07) is 6.11. The number of carbonyl (C=O) groups is 2. The molecule has 1 rings (SSSR count). The van der Waals surface area contributed by atoms with E-state index >= 15 is 0 Å². The number of rotatable bonds is 8. The minimum Gasteiger partial charge on any atom is -0.478 e. The van der Waals surface area contributed by atoms with Crippen molar-refractivity contribution >= 4 is 11.9 Å². The molecule has 21 heavy (non-hydrogen) atoms. The lowest BCUT2D eigenvalue weighted by molar-refractivity contribution is 0.0483. The van der Waals surface area contributed by atoms with Crippen molar-refractivity contribution in [2.45, 2.75) is 40.0 Å². The molecule has 0 spiro atoms. The molecule has 0 aliphatic heterocycles. The van der Waals surface area contributed by atoms with Crippen LogP contribution in [0.3, 0.4) is 0 Å². The van der Waals surface area contributed by atoms with Crippen LogP contribution in [0.1, 0.15) is 60.7 Å². The molecule has 1 aromatic rings. The molecule has 0 aromatic heterocycles. The maximum Gasteiger partial charge on any atom is 0.339 e. The predicted octanol–water partition coefficient (Wildman–Crippen LogP) is 4.00. The molecule has 0 fully saturated rings. The lowest BCUT2D eigenvalue weighted by atomic mass is 9.95. The molecule has 0 heterocycles. The van der Waals surface area contributed by atoms with Crippen LogP contribution >= 0.6 is 0 Å². The van der Waals surface area contributed by atoms with Gasteiger partial charge in [0.2, 0.25) is 0 Å². The van der Waals surface area contributed by atoms with Crippen molar-refractivity contribution in [3.05, 3.63) is 35.4 Å². The van der Waals surface area contributed by atoms with Crippen LogP contribution < -0.4 is 0 Å². The van der Waals surface area contributed by atoms with E-state index in [9.17, 15) is 9.59 Å². The fraction of sp³-hybridized carbons (Fsp3) is 0.529. The molecule has 4 nitrogen and oxygen atoms in total. The summed E-state index contributed by atoms with van der Waals surface area (Å²) >= 11 is 0. The Morgan fingerprint density at radius 3 is 2.33 bits per heavy atom. The maximum absolute atomic E-state index is 11.9. The van der Waals surface area contributed by atoms with Gasteiger partial charge in [-0.05, 0) is 43.2 Å². The van der Waals surface area contributed by atoms with Crippen molar-refractivity contribution in [1.82, 2.24) is 0 Å². The Morgan fingerprint density at radius 1 is 1.14 bits per heavy atom. The highest BCUT2D eigenvalue weighted by atomic mass is 16.5. The van der Waals surface area contributed by atoms with Crippen LogP contribution in [0.4, 0.5) is 0 Å². The quantitative estimate of drug-likeness (QED) is 0.581. The molecule has 0 bridgehead atoms. The van der Waals surface area contributed by atoms with E-state index in [1.807, 2.05) is 0 Å². The standard InChI is InChI=1S/C17H24O4/c1-12(2)11-13(3)7-6-10-21-17(20)15-9-5-4-8-14(15)16(18)19/h4-5,8-9,12-13H,6-7,10-11H2,1-3H3,(H,18,19). The van der Waals surface area contributed by atoms with Crippen molar-refractivity contribution in [2.75, 3.05) is 6.61 Å². The molecule has 4 heteroatoms. The molecule has 1 aromatic carbocycles. The van der Waals surface area contributed by atoms with Crippen LogP contribution in [0.25, 0.3) is 0 Å². The monoisotopic (exact) mass is 292 g/mol. The zero-order valence-electron chi connectivity index (χ0n) is 13.0. The van der Waals surface area contributed by atoms with E-state index in [0.29, 0.717) is 18.4 Å². The van der Waals surface area contributed by atoms with E-state index in [1.54, 1.807) is 12.1 Å². The second kappa shape index (κ2) is 8.45. The van der Waals surface area contributed by atoms with Crippen molar-refractivity contribution in [2.24, 2.45) is 11.8 Å². The van der Waals surface area contributed by atoms with Gasteiger partial charge in [0, 0.05) is 0 Å². The van der Waals surface area contributed by atoms with Gasteiger partial charge in [0.25, 0.3) is 0 Å². The van der Waals surface area contributed by atoms with Crippen molar-refractivity contribution in [3.63, 3.8) is 0 Å². The molecule has 0 saturated heterocycles. The van der Waals surface area contributed by atoms with Gasteiger partial charge in [0.1, 0.15) is 0 Å². The molecular weight excluding hydrogens is 268 g/mol. The van der Waals surface area contributed by atoms with E-state index in [0.717, 1.165) is 19.3 Å². The largest absolute Gasteiger partial charge is 0.478 e. The number of carboxylic acid groups (broad SMARTS) is 1. The Labute approximate surface area is 126 Å². The number of esters is 1. The number of benzene rings is 1.